The minimum atomic E-state index is 0.00838. The number of thiophene rings is 1. The first kappa shape index (κ1) is 13.1. The second-order valence-corrected chi connectivity index (χ2v) is 5.71. The molecule has 0 saturated carbocycles. The fourth-order valence-corrected chi connectivity index (χ4v) is 2.72. The molecule has 7 heteroatoms. The molecule has 0 aliphatic carbocycles. The van der Waals surface area contributed by atoms with Crippen molar-refractivity contribution in [2.24, 2.45) is 7.05 Å². The van der Waals surface area contributed by atoms with Crippen LogP contribution in [0.2, 0.25) is 0 Å². The maximum absolute atomic E-state index is 11.6. The summed E-state index contributed by atoms with van der Waals surface area (Å²) in [7, 11) is 1.89. The average molecular weight is 282 g/mol. The third-order valence-electron chi connectivity index (χ3n) is 2.42. The van der Waals surface area contributed by atoms with Crippen LogP contribution in [-0.2, 0) is 18.4 Å². The molecule has 2 heterocycles. The van der Waals surface area contributed by atoms with Crippen molar-refractivity contribution in [2.75, 3.05) is 5.75 Å². The average Bonchev–Trinajstić information content (AvgIpc) is 2.97. The summed E-state index contributed by atoms with van der Waals surface area (Å²) in [6, 6.07) is 3.98. The van der Waals surface area contributed by atoms with Crippen molar-refractivity contribution in [1.82, 2.24) is 20.1 Å². The van der Waals surface area contributed by atoms with Gasteiger partial charge in [-0.25, -0.2) is 0 Å². The van der Waals surface area contributed by atoms with Crippen LogP contribution < -0.4 is 5.32 Å². The summed E-state index contributed by atoms with van der Waals surface area (Å²) in [6.45, 7) is 2.48. The van der Waals surface area contributed by atoms with E-state index < -0.39 is 0 Å². The summed E-state index contributed by atoms with van der Waals surface area (Å²) >= 11 is 3.03. The number of amides is 1. The predicted molar refractivity (Wildman–Crippen MR) is 72.6 cm³/mol. The van der Waals surface area contributed by atoms with E-state index in [-0.39, 0.29) is 5.91 Å². The molecule has 96 valence electrons. The monoisotopic (exact) mass is 282 g/mol. The van der Waals surface area contributed by atoms with Crippen molar-refractivity contribution >= 4 is 29.0 Å². The van der Waals surface area contributed by atoms with Crippen molar-refractivity contribution in [2.45, 2.75) is 18.6 Å². The first-order valence-electron chi connectivity index (χ1n) is 5.44. The first-order valence-corrected chi connectivity index (χ1v) is 7.31. The van der Waals surface area contributed by atoms with E-state index in [1.165, 1.54) is 11.8 Å². The van der Waals surface area contributed by atoms with Gasteiger partial charge in [-0.2, -0.15) is 0 Å². The predicted octanol–water partition coefficient (Wildman–Crippen LogP) is 1.59. The van der Waals surface area contributed by atoms with Crippen LogP contribution in [-0.4, -0.2) is 26.4 Å². The van der Waals surface area contributed by atoms with Crippen molar-refractivity contribution in [3.05, 3.63) is 28.2 Å². The zero-order valence-corrected chi connectivity index (χ0v) is 11.8. The zero-order valence-electron chi connectivity index (χ0n) is 10.2. The third kappa shape index (κ3) is 3.33. The van der Waals surface area contributed by atoms with Crippen LogP contribution in [0.5, 0.6) is 0 Å². The van der Waals surface area contributed by atoms with Crippen molar-refractivity contribution < 1.29 is 4.79 Å². The van der Waals surface area contributed by atoms with Crippen molar-refractivity contribution in [3.8, 4) is 0 Å². The van der Waals surface area contributed by atoms with Crippen LogP contribution in [0.15, 0.2) is 22.7 Å². The number of nitrogens with one attached hydrogen (secondary N) is 1. The van der Waals surface area contributed by atoms with E-state index in [4.69, 9.17) is 0 Å². The largest absolute Gasteiger partial charge is 0.350 e. The lowest BCUT2D eigenvalue weighted by Gasteiger charge is -2.03. The normalized spacial score (nSPS) is 10.6. The lowest BCUT2D eigenvalue weighted by Crippen LogP contribution is -2.24. The summed E-state index contributed by atoms with van der Waals surface area (Å²) in [5.41, 5.74) is 0. The Bertz CT molecular complexity index is 521. The molecule has 5 nitrogen and oxygen atoms in total. The second kappa shape index (κ2) is 6.01. The molecule has 0 spiro atoms. The molecule has 1 amide bonds. The Labute approximate surface area is 114 Å². The standard InChI is InChI=1S/C11H14N4OS2/c1-8-13-14-11(15(8)2)18-7-10(16)12-6-9-4-3-5-17-9/h3-5H,6-7H2,1-2H3,(H,12,16). The minimum absolute atomic E-state index is 0.00838. The maximum atomic E-state index is 11.6. The SMILES string of the molecule is Cc1nnc(SCC(=O)NCc2cccs2)n1C. The number of carbonyl (C=O) groups excluding carboxylic acids is 1. The Balaban J connectivity index is 1.76. The van der Waals surface area contributed by atoms with Gasteiger partial charge in [0.05, 0.1) is 12.3 Å². The van der Waals surface area contributed by atoms with Gasteiger partial charge in [0, 0.05) is 11.9 Å². The second-order valence-electron chi connectivity index (χ2n) is 3.73. The molecule has 0 bridgehead atoms. The van der Waals surface area contributed by atoms with E-state index in [2.05, 4.69) is 15.5 Å². The number of rotatable bonds is 5. The van der Waals surface area contributed by atoms with Gasteiger partial charge in [0.1, 0.15) is 5.82 Å². The summed E-state index contributed by atoms with van der Waals surface area (Å²) in [4.78, 5) is 12.8. The molecular weight excluding hydrogens is 268 g/mol. The number of aromatic nitrogens is 3. The van der Waals surface area contributed by atoms with Gasteiger partial charge in [-0.15, -0.1) is 21.5 Å². The van der Waals surface area contributed by atoms with Crippen LogP contribution in [0.4, 0.5) is 0 Å². The molecule has 0 unspecified atom stereocenters. The zero-order chi connectivity index (χ0) is 13.0. The molecule has 2 aromatic rings. The Morgan fingerprint density at radius 3 is 3.00 bits per heavy atom. The summed E-state index contributed by atoms with van der Waals surface area (Å²) < 4.78 is 1.87. The number of nitrogens with zero attached hydrogens (tertiary/aromatic N) is 3. The Morgan fingerprint density at radius 1 is 1.56 bits per heavy atom. The minimum Gasteiger partial charge on any atom is -0.350 e. The number of hydrogen-bond acceptors (Lipinski definition) is 5. The maximum Gasteiger partial charge on any atom is 0.230 e. The molecule has 0 aliphatic heterocycles. The molecular formula is C11H14N4OS2. The highest BCUT2D eigenvalue weighted by atomic mass is 32.2. The highest BCUT2D eigenvalue weighted by Crippen LogP contribution is 2.14. The van der Waals surface area contributed by atoms with Crippen LogP contribution in [0.3, 0.4) is 0 Å². The van der Waals surface area contributed by atoms with Gasteiger partial charge in [0.25, 0.3) is 0 Å². The van der Waals surface area contributed by atoms with Gasteiger partial charge >= 0.3 is 0 Å². The Kier molecular flexibility index (Phi) is 4.38. The van der Waals surface area contributed by atoms with Gasteiger partial charge in [0.15, 0.2) is 5.16 Å². The summed E-state index contributed by atoms with van der Waals surface area (Å²) in [6.07, 6.45) is 0. The van der Waals surface area contributed by atoms with Crippen LogP contribution in [0.25, 0.3) is 0 Å². The van der Waals surface area contributed by atoms with Crippen LogP contribution in [0.1, 0.15) is 10.7 Å². The van der Waals surface area contributed by atoms with Crippen molar-refractivity contribution in [3.63, 3.8) is 0 Å². The fraction of sp³-hybridized carbons (Fsp3) is 0.364. The Morgan fingerprint density at radius 2 is 2.39 bits per heavy atom. The Hall–Kier alpha value is -1.34. The van der Waals surface area contributed by atoms with E-state index in [0.717, 1.165) is 15.9 Å². The first-order chi connectivity index (χ1) is 8.66. The molecule has 1 N–H and O–H groups in total. The van der Waals surface area contributed by atoms with E-state index in [1.807, 2.05) is 36.1 Å². The number of aryl methyl sites for hydroxylation is 1. The van der Waals surface area contributed by atoms with Crippen molar-refractivity contribution in [1.29, 1.82) is 0 Å². The summed E-state index contributed by atoms with van der Waals surface area (Å²) in [5, 5.41) is 13.6. The molecule has 2 rings (SSSR count). The smallest absolute Gasteiger partial charge is 0.230 e. The van der Waals surface area contributed by atoms with Gasteiger partial charge in [-0.1, -0.05) is 17.8 Å². The van der Waals surface area contributed by atoms with Crippen LogP contribution >= 0.6 is 23.1 Å². The molecule has 18 heavy (non-hydrogen) atoms. The van der Waals surface area contributed by atoms with E-state index >= 15 is 0 Å². The molecule has 0 radical (unpaired) electrons. The molecule has 0 fully saturated rings. The topological polar surface area (TPSA) is 59.8 Å². The molecule has 0 saturated heterocycles. The lowest BCUT2D eigenvalue weighted by atomic mass is 10.4. The number of carbonyl (C=O) groups is 1. The highest BCUT2D eigenvalue weighted by molar-refractivity contribution is 7.99. The molecule has 2 aromatic heterocycles. The van der Waals surface area contributed by atoms with Crippen LogP contribution in [0, 0.1) is 6.92 Å². The summed E-state index contributed by atoms with van der Waals surface area (Å²) in [5.74, 6) is 1.21. The van der Waals surface area contributed by atoms with E-state index in [9.17, 15) is 4.79 Å². The fourth-order valence-electron chi connectivity index (χ4n) is 1.29. The van der Waals surface area contributed by atoms with Gasteiger partial charge in [-0.3, -0.25) is 4.79 Å². The highest BCUT2D eigenvalue weighted by Gasteiger charge is 2.08. The molecule has 0 aliphatic rings. The quantitative estimate of drug-likeness (QED) is 0.846. The number of thioether (sulfide) groups is 1. The van der Waals surface area contributed by atoms with E-state index in [0.29, 0.717) is 12.3 Å². The third-order valence-corrected chi connectivity index (χ3v) is 4.32. The molecule has 0 atom stereocenters. The molecule has 0 aromatic carbocycles. The van der Waals surface area contributed by atoms with Gasteiger partial charge in [-0.05, 0) is 18.4 Å². The number of hydrogen-bond donors (Lipinski definition) is 1. The van der Waals surface area contributed by atoms with Gasteiger partial charge < -0.3 is 9.88 Å². The van der Waals surface area contributed by atoms with E-state index in [1.54, 1.807) is 11.3 Å². The van der Waals surface area contributed by atoms with Gasteiger partial charge in [0.2, 0.25) is 5.91 Å². The lowest BCUT2D eigenvalue weighted by molar-refractivity contribution is -0.118.